The van der Waals surface area contributed by atoms with Crippen LogP contribution in [0.3, 0.4) is 0 Å². The Bertz CT molecular complexity index is 282. The zero-order chi connectivity index (χ0) is 10.9. The first kappa shape index (κ1) is 12.5. The summed E-state index contributed by atoms with van der Waals surface area (Å²) in [5.41, 5.74) is 1.27. The Morgan fingerprint density at radius 3 is 2.67 bits per heavy atom. The quantitative estimate of drug-likeness (QED) is 0.507. The van der Waals surface area contributed by atoms with Gasteiger partial charge in [-0.2, -0.15) is 11.1 Å². The van der Waals surface area contributed by atoms with Crippen molar-refractivity contribution in [1.82, 2.24) is 0 Å². The van der Waals surface area contributed by atoms with Crippen LogP contribution >= 0.6 is 11.1 Å². The zero-order valence-electron chi connectivity index (χ0n) is 9.33. The van der Waals surface area contributed by atoms with E-state index in [2.05, 4.69) is 43.3 Å². The third kappa shape index (κ3) is 5.80. The van der Waals surface area contributed by atoms with Crippen LogP contribution in [0.2, 0.25) is 12.1 Å². The summed E-state index contributed by atoms with van der Waals surface area (Å²) >= 11 is 6.31. The molecule has 0 spiro atoms. The van der Waals surface area contributed by atoms with Crippen molar-refractivity contribution in [3.63, 3.8) is 0 Å². The first-order chi connectivity index (χ1) is 7.33. The molecule has 0 aromatic heterocycles. The van der Waals surface area contributed by atoms with Gasteiger partial charge in [0.25, 0.3) is 0 Å². The number of halogens is 1. The van der Waals surface area contributed by atoms with E-state index < -0.39 is 8.11 Å². The number of allylic oxidation sites excluding steroid dienone is 1. The zero-order valence-corrected chi connectivity index (χ0v) is 11.2. The fourth-order valence-corrected chi connectivity index (χ4v) is 3.75. The minimum absolute atomic E-state index is 0.976. The molecule has 0 heterocycles. The van der Waals surface area contributed by atoms with E-state index in [-0.39, 0.29) is 0 Å². The highest BCUT2D eigenvalue weighted by Gasteiger charge is 2.02. The van der Waals surface area contributed by atoms with Gasteiger partial charge < -0.3 is 0 Å². The lowest BCUT2D eigenvalue weighted by molar-refractivity contribution is 0.877. The second-order valence-electron chi connectivity index (χ2n) is 3.79. The molecule has 15 heavy (non-hydrogen) atoms. The fraction of sp³-hybridized carbons (Fsp3) is 0.385. The van der Waals surface area contributed by atoms with Gasteiger partial charge in [-0.15, -0.1) is 0 Å². The molecule has 1 atom stereocenters. The number of benzene rings is 1. The van der Waals surface area contributed by atoms with E-state index in [1.807, 2.05) is 6.07 Å². The van der Waals surface area contributed by atoms with E-state index in [1.165, 1.54) is 24.4 Å². The van der Waals surface area contributed by atoms with Gasteiger partial charge in [0.15, 0.2) is 0 Å². The Morgan fingerprint density at radius 2 is 2.00 bits per heavy atom. The summed E-state index contributed by atoms with van der Waals surface area (Å²) in [6.07, 6.45) is 6.96. The van der Waals surface area contributed by atoms with Crippen molar-refractivity contribution in [2.24, 2.45) is 0 Å². The molecule has 0 bridgehead atoms. The van der Waals surface area contributed by atoms with E-state index in [4.69, 9.17) is 11.1 Å². The van der Waals surface area contributed by atoms with Crippen LogP contribution in [0.25, 0.3) is 6.08 Å². The third-order valence-corrected chi connectivity index (χ3v) is 5.38. The van der Waals surface area contributed by atoms with E-state index in [9.17, 15) is 0 Å². The molecular formula is C13H19ClSi. The van der Waals surface area contributed by atoms with Crippen LogP contribution in [0.1, 0.15) is 25.3 Å². The summed E-state index contributed by atoms with van der Waals surface area (Å²) in [4.78, 5) is 0. The van der Waals surface area contributed by atoms with Crippen molar-refractivity contribution >= 4 is 25.3 Å². The standard InChI is InChI=1S/C13H19ClSi/c1-2-3-11-15(14)12-7-10-13-8-5-4-6-9-13/h4-10,15H,2-3,11-12H2,1H3. The number of unbranched alkanes of at least 4 members (excludes halogenated alkanes) is 1. The predicted octanol–water partition coefficient (Wildman–Crippen LogP) is 4.46. The molecule has 2 heteroatoms. The lowest BCUT2D eigenvalue weighted by Crippen LogP contribution is -1.99. The first-order valence-corrected chi connectivity index (χ1v) is 9.06. The van der Waals surface area contributed by atoms with Crippen LogP contribution < -0.4 is 0 Å². The molecule has 0 saturated carbocycles. The third-order valence-electron chi connectivity index (χ3n) is 2.37. The van der Waals surface area contributed by atoms with Gasteiger partial charge in [0.1, 0.15) is 8.11 Å². The van der Waals surface area contributed by atoms with E-state index in [0.717, 1.165) is 6.04 Å². The molecule has 1 unspecified atom stereocenters. The fourth-order valence-electron chi connectivity index (χ4n) is 1.46. The van der Waals surface area contributed by atoms with Gasteiger partial charge in [0.2, 0.25) is 0 Å². The summed E-state index contributed by atoms with van der Waals surface area (Å²) < 4.78 is 0. The second kappa shape index (κ2) is 7.72. The van der Waals surface area contributed by atoms with Crippen molar-refractivity contribution in [3.05, 3.63) is 42.0 Å². The molecule has 0 amide bonds. The van der Waals surface area contributed by atoms with Crippen molar-refractivity contribution in [1.29, 1.82) is 0 Å². The van der Waals surface area contributed by atoms with E-state index in [0.29, 0.717) is 0 Å². The van der Waals surface area contributed by atoms with Gasteiger partial charge in [0.05, 0.1) is 0 Å². The lowest BCUT2D eigenvalue weighted by atomic mass is 10.2. The molecule has 0 nitrogen and oxygen atoms in total. The summed E-state index contributed by atoms with van der Waals surface area (Å²) in [5.74, 6) is 0. The molecule has 0 saturated heterocycles. The molecule has 0 N–H and O–H groups in total. The molecule has 0 fully saturated rings. The summed E-state index contributed by atoms with van der Waals surface area (Å²) in [5, 5.41) is 0. The predicted molar refractivity (Wildman–Crippen MR) is 73.0 cm³/mol. The van der Waals surface area contributed by atoms with Crippen LogP contribution in [0.4, 0.5) is 0 Å². The molecule has 1 aromatic rings. The van der Waals surface area contributed by atoms with Crippen LogP contribution in [0.15, 0.2) is 36.4 Å². The second-order valence-corrected chi connectivity index (χ2v) is 7.88. The van der Waals surface area contributed by atoms with E-state index in [1.54, 1.807) is 0 Å². The highest BCUT2D eigenvalue weighted by atomic mass is 35.6. The highest BCUT2D eigenvalue weighted by Crippen LogP contribution is 2.11. The van der Waals surface area contributed by atoms with Crippen LogP contribution in [0, 0.1) is 0 Å². The van der Waals surface area contributed by atoms with Gasteiger partial charge in [-0.05, 0) is 17.7 Å². The van der Waals surface area contributed by atoms with Crippen molar-refractivity contribution in [2.45, 2.75) is 31.9 Å². The van der Waals surface area contributed by atoms with Gasteiger partial charge in [-0.25, -0.2) is 0 Å². The number of hydrogen-bond acceptors (Lipinski definition) is 0. The summed E-state index contributed by atoms with van der Waals surface area (Å²) in [6, 6.07) is 12.8. The molecule has 82 valence electrons. The maximum absolute atomic E-state index is 6.31. The Kier molecular flexibility index (Phi) is 6.45. The Hall–Kier alpha value is -0.533. The average Bonchev–Trinajstić information content (AvgIpc) is 2.28. The van der Waals surface area contributed by atoms with Gasteiger partial charge in [-0.1, -0.05) is 62.2 Å². The first-order valence-electron chi connectivity index (χ1n) is 5.68. The van der Waals surface area contributed by atoms with Crippen molar-refractivity contribution in [3.8, 4) is 0 Å². The average molecular weight is 239 g/mol. The summed E-state index contributed by atoms with van der Waals surface area (Å²) in [7, 11) is -0.976. The van der Waals surface area contributed by atoms with Crippen molar-refractivity contribution in [2.75, 3.05) is 0 Å². The lowest BCUT2D eigenvalue weighted by Gasteiger charge is -2.02. The maximum Gasteiger partial charge on any atom is 0.144 e. The summed E-state index contributed by atoms with van der Waals surface area (Å²) in [6.45, 7) is 2.22. The molecule has 0 aliphatic heterocycles. The molecule has 1 aromatic carbocycles. The van der Waals surface area contributed by atoms with Gasteiger partial charge in [-0.3, -0.25) is 0 Å². The van der Waals surface area contributed by atoms with Crippen LogP contribution in [-0.4, -0.2) is 8.11 Å². The normalized spacial score (nSPS) is 13.2. The molecule has 0 radical (unpaired) electrons. The topological polar surface area (TPSA) is 0 Å². The maximum atomic E-state index is 6.31. The monoisotopic (exact) mass is 238 g/mol. The minimum Gasteiger partial charge on any atom is -0.171 e. The van der Waals surface area contributed by atoms with Gasteiger partial charge >= 0.3 is 0 Å². The van der Waals surface area contributed by atoms with Crippen molar-refractivity contribution < 1.29 is 0 Å². The Morgan fingerprint density at radius 1 is 1.27 bits per heavy atom. The number of rotatable bonds is 6. The van der Waals surface area contributed by atoms with Crippen LogP contribution in [0.5, 0.6) is 0 Å². The van der Waals surface area contributed by atoms with Gasteiger partial charge in [0, 0.05) is 0 Å². The molecule has 1 rings (SSSR count). The number of hydrogen-bond donors (Lipinski definition) is 0. The Labute approximate surface area is 99.3 Å². The Balaban J connectivity index is 2.27. The minimum atomic E-state index is -0.976. The largest absolute Gasteiger partial charge is 0.171 e. The molecule has 0 aliphatic carbocycles. The van der Waals surface area contributed by atoms with E-state index >= 15 is 0 Å². The highest BCUT2D eigenvalue weighted by molar-refractivity contribution is 7.07. The molecular weight excluding hydrogens is 220 g/mol. The smallest absolute Gasteiger partial charge is 0.144 e. The SMILES string of the molecule is CCCC[SiH](Cl)CC=Cc1ccccc1. The molecule has 0 aliphatic rings. The van der Waals surface area contributed by atoms with Crippen LogP contribution in [-0.2, 0) is 0 Å².